The summed E-state index contributed by atoms with van der Waals surface area (Å²) in [5.74, 6) is 1.41. The molecule has 6 rings (SSSR count). The summed E-state index contributed by atoms with van der Waals surface area (Å²) < 4.78 is 32.0. The van der Waals surface area contributed by atoms with Gasteiger partial charge < -0.3 is 14.2 Å². The summed E-state index contributed by atoms with van der Waals surface area (Å²) in [5, 5.41) is 0. The van der Waals surface area contributed by atoms with Crippen LogP contribution in [-0.2, 0) is 28.0 Å². The molecule has 1 spiro atoms. The average molecular weight is 543 g/mol. The second kappa shape index (κ2) is 10.2. The van der Waals surface area contributed by atoms with Gasteiger partial charge in [0.1, 0.15) is 23.9 Å². The minimum atomic E-state index is -0.241. The minimum Gasteiger partial charge on any atom is -0.497 e. The highest BCUT2D eigenvalue weighted by molar-refractivity contribution is 5.77. The topological polar surface area (TPSA) is 44.8 Å². The van der Waals surface area contributed by atoms with Crippen molar-refractivity contribution in [2.45, 2.75) is 76.7 Å². The second-order valence-corrected chi connectivity index (χ2v) is 12.6. The summed E-state index contributed by atoms with van der Waals surface area (Å²) in [7, 11) is 3.10. The molecule has 3 aromatic rings. The molecule has 0 saturated heterocycles. The van der Waals surface area contributed by atoms with Gasteiger partial charge in [0.15, 0.2) is 0 Å². The van der Waals surface area contributed by atoms with Gasteiger partial charge in [-0.1, -0.05) is 44.5 Å². The van der Waals surface area contributed by atoms with Crippen molar-refractivity contribution in [3.8, 4) is 22.6 Å². The molecule has 0 N–H and O–H groups in total. The van der Waals surface area contributed by atoms with Gasteiger partial charge in [-0.2, -0.15) is 0 Å². The Morgan fingerprint density at radius 1 is 0.925 bits per heavy atom. The summed E-state index contributed by atoms with van der Waals surface area (Å²) in [4.78, 5) is 12.5. The van der Waals surface area contributed by atoms with Crippen molar-refractivity contribution in [1.82, 2.24) is 0 Å². The highest BCUT2D eigenvalue weighted by Gasteiger charge is 2.55. The molecule has 3 aromatic carbocycles. The fourth-order valence-corrected chi connectivity index (χ4v) is 7.71. The largest absolute Gasteiger partial charge is 0.497 e. The van der Waals surface area contributed by atoms with Crippen LogP contribution in [0, 0.1) is 17.2 Å². The zero-order valence-electron chi connectivity index (χ0n) is 24.0. The maximum Gasteiger partial charge on any atom is 0.309 e. The third-order valence-electron chi connectivity index (χ3n) is 10.1. The van der Waals surface area contributed by atoms with Crippen LogP contribution in [0.25, 0.3) is 11.1 Å². The Balaban J connectivity index is 1.30. The van der Waals surface area contributed by atoms with Gasteiger partial charge in [0.2, 0.25) is 0 Å². The number of aryl methyl sites for hydroxylation is 1. The molecule has 210 valence electrons. The fraction of sp³-hybridized carbons (Fsp3) is 0.457. The lowest BCUT2D eigenvalue weighted by Crippen LogP contribution is -2.47. The van der Waals surface area contributed by atoms with Gasteiger partial charge >= 0.3 is 5.97 Å². The van der Waals surface area contributed by atoms with E-state index in [0.29, 0.717) is 23.8 Å². The van der Waals surface area contributed by atoms with Crippen LogP contribution >= 0.6 is 0 Å². The lowest BCUT2D eigenvalue weighted by Gasteiger charge is -2.46. The molecule has 0 amide bonds. The van der Waals surface area contributed by atoms with Crippen molar-refractivity contribution in [3.05, 3.63) is 82.7 Å². The van der Waals surface area contributed by atoms with E-state index in [9.17, 15) is 4.79 Å². The van der Waals surface area contributed by atoms with Crippen LogP contribution < -0.4 is 9.47 Å². The summed E-state index contributed by atoms with van der Waals surface area (Å²) in [6, 6.07) is 17.6. The van der Waals surface area contributed by atoms with E-state index in [-0.39, 0.29) is 28.5 Å². The normalized spacial score (nSPS) is 24.4. The Kier molecular flexibility index (Phi) is 6.88. The molecule has 0 aliphatic heterocycles. The number of carbonyl (C=O) groups excluding carboxylic acids is 1. The van der Waals surface area contributed by atoms with Crippen molar-refractivity contribution in [2.24, 2.45) is 11.3 Å². The van der Waals surface area contributed by atoms with Gasteiger partial charge in [-0.3, -0.25) is 4.79 Å². The number of carbonyl (C=O) groups is 1. The van der Waals surface area contributed by atoms with Gasteiger partial charge in [-0.15, -0.1) is 0 Å². The molecular weight excluding hydrogens is 503 g/mol. The predicted octanol–water partition coefficient (Wildman–Crippen LogP) is 8.14. The SMILES string of the molecule is COC(=O)[C@@H]1CC[C@]12CCc1ccc(OCc3ccc(-c4cc(OC)ccc4F)c([C@@H]4CCCC4(C)C)c3)cc12. The molecule has 3 aliphatic rings. The number of methoxy groups -OCH3 is 2. The second-order valence-electron chi connectivity index (χ2n) is 12.6. The Hall–Kier alpha value is -3.34. The molecular formula is C35H39FO4. The van der Waals surface area contributed by atoms with Crippen LogP contribution in [0.3, 0.4) is 0 Å². The third-order valence-corrected chi connectivity index (χ3v) is 10.1. The molecule has 40 heavy (non-hydrogen) atoms. The number of ether oxygens (including phenoxy) is 3. The monoisotopic (exact) mass is 542 g/mol. The summed E-state index contributed by atoms with van der Waals surface area (Å²) in [6.07, 6.45) is 7.30. The first-order valence-electron chi connectivity index (χ1n) is 14.6. The first kappa shape index (κ1) is 26.9. The molecule has 4 nitrogen and oxygen atoms in total. The molecule has 2 saturated carbocycles. The fourth-order valence-electron chi connectivity index (χ4n) is 7.71. The molecule has 5 heteroatoms. The van der Waals surface area contributed by atoms with Crippen molar-refractivity contribution in [3.63, 3.8) is 0 Å². The van der Waals surface area contributed by atoms with Gasteiger partial charge in [0.05, 0.1) is 20.1 Å². The lowest BCUT2D eigenvalue weighted by atomic mass is 9.57. The van der Waals surface area contributed by atoms with Crippen LogP contribution in [0.4, 0.5) is 4.39 Å². The van der Waals surface area contributed by atoms with Crippen LogP contribution in [0.15, 0.2) is 54.6 Å². The zero-order valence-corrected chi connectivity index (χ0v) is 24.0. The Morgan fingerprint density at radius 2 is 1.75 bits per heavy atom. The number of halogens is 1. The van der Waals surface area contributed by atoms with E-state index >= 15 is 4.39 Å². The van der Waals surface area contributed by atoms with Crippen molar-refractivity contribution < 1.29 is 23.4 Å². The van der Waals surface area contributed by atoms with Crippen LogP contribution in [0.5, 0.6) is 11.5 Å². The number of esters is 1. The van der Waals surface area contributed by atoms with Gasteiger partial charge in [0, 0.05) is 11.0 Å². The van der Waals surface area contributed by atoms with E-state index in [4.69, 9.17) is 14.2 Å². The standard InChI is InChI=1S/C35H39FO4/c1-34(2)15-5-6-29(34)27-18-22(7-11-26(27)28-19-24(38-3)10-12-32(28)36)21-40-25-9-8-23-13-16-35(31(23)20-25)17-14-30(35)33(37)39-4/h7-12,18-20,29-30H,5-6,13-17,21H2,1-4H3/t29-,30-,35+/m0/s1. The number of fused-ring (bicyclic) bond motifs is 2. The average Bonchev–Trinajstić information content (AvgIpc) is 3.51. The van der Waals surface area contributed by atoms with E-state index in [0.717, 1.165) is 55.4 Å². The lowest BCUT2D eigenvalue weighted by molar-refractivity contribution is -0.153. The summed E-state index contributed by atoms with van der Waals surface area (Å²) in [6.45, 7) is 5.07. The number of rotatable bonds is 7. The minimum absolute atomic E-state index is 0.0594. The summed E-state index contributed by atoms with van der Waals surface area (Å²) in [5.41, 5.74) is 6.35. The first-order valence-corrected chi connectivity index (χ1v) is 14.6. The molecule has 3 atom stereocenters. The Bertz CT molecular complexity index is 1440. The van der Waals surface area contributed by atoms with E-state index in [2.05, 4.69) is 32.0 Å². The molecule has 0 heterocycles. The van der Waals surface area contributed by atoms with E-state index < -0.39 is 0 Å². The van der Waals surface area contributed by atoms with E-state index in [1.165, 1.54) is 36.3 Å². The maximum atomic E-state index is 15.1. The first-order chi connectivity index (χ1) is 19.3. The summed E-state index contributed by atoms with van der Waals surface area (Å²) >= 11 is 0. The maximum absolute atomic E-state index is 15.1. The van der Waals surface area contributed by atoms with Crippen molar-refractivity contribution in [2.75, 3.05) is 14.2 Å². The molecule has 0 unspecified atom stereocenters. The molecule has 0 radical (unpaired) electrons. The van der Waals surface area contributed by atoms with Gasteiger partial charge in [-0.05, 0) is 108 Å². The quantitative estimate of drug-likeness (QED) is 0.283. The van der Waals surface area contributed by atoms with Crippen LogP contribution in [-0.4, -0.2) is 20.2 Å². The van der Waals surface area contributed by atoms with E-state index in [1.54, 1.807) is 19.2 Å². The molecule has 0 bridgehead atoms. The molecule has 2 fully saturated rings. The third kappa shape index (κ3) is 4.48. The van der Waals surface area contributed by atoms with Gasteiger partial charge in [-0.25, -0.2) is 4.39 Å². The Morgan fingerprint density at radius 3 is 2.45 bits per heavy atom. The highest BCUT2D eigenvalue weighted by atomic mass is 19.1. The molecule has 0 aromatic heterocycles. The van der Waals surface area contributed by atoms with E-state index in [1.807, 2.05) is 18.2 Å². The van der Waals surface area contributed by atoms with Crippen LogP contribution in [0.2, 0.25) is 0 Å². The Labute approximate surface area is 236 Å². The number of hydrogen-bond acceptors (Lipinski definition) is 4. The highest BCUT2D eigenvalue weighted by Crippen LogP contribution is 2.57. The predicted molar refractivity (Wildman–Crippen MR) is 154 cm³/mol. The smallest absolute Gasteiger partial charge is 0.309 e. The van der Waals surface area contributed by atoms with Gasteiger partial charge in [0.25, 0.3) is 0 Å². The van der Waals surface area contributed by atoms with Crippen LogP contribution in [0.1, 0.15) is 80.5 Å². The number of benzene rings is 3. The zero-order chi connectivity index (χ0) is 28.1. The molecule has 3 aliphatic carbocycles. The van der Waals surface area contributed by atoms with Crippen molar-refractivity contribution >= 4 is 5.97 Å². The number of hydrogen-bond donors (Lipinski definition) is 0. The van der Waals surface area contributed by atoms with Crippen molar-refractivity contribution in [1.29, 1.82) is 0 Å².